The van der Waals surface area contributed by atoms with Crippen molar-refractivity contribution in [2.24, 2.45) is 0 Å². The number of nitrogens with one attached hydrogen (secondary N) is 4. The number of benzene rings is 2. The minimum atomic E-state index is -0.223. The van der Waals surface area contributed by atoms with Gasteiger partial charge in [-0.2, -0.15) is 0 Å². The van der Waals surface area contributed by atoms with E-state index in [1.165, 1.54) is 0 Å². The van der Waals surface area contributed by atoms with Crippen LogP contribution in [0.4, 0.5) is 11.4 Å². The number of hydrogen-bond acceptors (Lipinski definition) is 10. The van der Waals surface area contributed by atoms with Crippen molar-refractivity contribution in [1.29, 1.82) is 0 Å². The molecule has 4 atom stereocenters. The van der Waals surface area contributed by atoms with Gasteiger partial charge in [0, 0.05) is 83.8 Å². The lowest BCUT2D eigenvalue weighted by molar-refractivity contribution is 0.0936. The highest BCUT2D eigenvalue weighted by molar-refractivity contribution is 8.08. The Balaban J connectivity index is 1.02. The van der Waals surface area contributed by atoms with Crippen molar-refractivity contribution < 1.29 is 19.2 Å². The number of carbonyl (C=O) groups is 4. The Morgan fingerprint density at radius 3 is 1.18 bits per heavy atom. The first-order chi connectivity index (χ1) is 21.4. The molecule has 4 bridgehead atoms. The molecule has 44 heavy (non-hydrogen) atoms. The van der Waals surface area contributed by atoms with E-state index in [0.717, 1.165) is 34.4 Å². The second kappa shape index (κ2) is 13.8. The average Bonchev–Trinajstić information content (AvgIpc) is 3.86. The topological polar surface area (TPSA) is 123 Å². The number of carbonyl (C=O) groups excluding carboxylic acids is 4. The smallest absolute Gasteiger partial charge is 0.251 e. The molecule has 2 aromatic rings. The van der Waals surface area contributed by atoms with Crippen LogP contribution in [0.2, 0.25) is 0 Å². The highest BCUT2D eigenvalue weighted by atomic mass is 32.2. The van der Waals surface area contributed by atoms with Crippen LogP contribution in [0.15, 0.2) is 36.4 Å². The maximum Gasteiger partial charge on any atom is 0.251 e. The van der Waals surface area contributed by atoms with Gasteiger partial charge >= 0.3 is 0 Å². The van der Waals surface area contributed by atoms with Crippen molar-refractivity contribution in [2.45, 2.75) is 34.3 Å². The zero-order valence-corrected chi connectivity index (χ0v) is 27.9. The number of unbranched alkanes of at least 4 members (excludes halogenated alkanes) is 1. The molecular weight excluding hydrogens is 637 g/mol. The van der Waals surface area contributed by atoms with E-state index in [1.54, 1.807) is 26.2 Å². The van der Waals surface area contributed by atoms with E-state index in [-0.39, 0.29) is 23.6 Å². The van der Waals surface area contributed by atoms with E-state index >= 15 is 0 Å². The van der Waals surface area contributed by atoms with Gasteiger partial charge in [0.05, 0.1) is 21.5 Å². The molecule has 10 nitrogen and oxygen atoms in total. The first-order valence-corrected chi connectivity index (χ1v) is 18.9. The Labute approximate surface area is 274 Å². The van der Waals surface area contributed by atoms with E-state index in [1.807, 2.05) is 71.3 Å². The molecule has 4 fully saturated rings. The molecule has 14 heteroatoms. The number of nitrogens with zero attached hydrogens (tertiary/aromatic N) is 2. The monoisotopic (exact) mass is 672 g/mol. The van der Waals surface area contributed by atoms with Gasteiger partial charge in [-0.25, -0.2) is 0 Å². The van der Waals surface area contributed by atoms with Gasteiger partial charge in [0.2, 0.25) is 0 Å². The van der Waals surface area contributed by atoms with Crippen molar-refractivity contribution in [2.75, 3.05) is 60.0 Å². The van der Waals surface area contributed by atoms with Crippen LogP contribution in [0.5, 0.6) is 0 Å². The van der Waals surface area contributed by atoms with Crippen molar-refractivity contribution >= 4 is 82.1 Å². The lowest BCUT2D eigenvalue weighted by atomic mass is 10.1. The number of fused-ring (bicyclic) bond motifs is 4. The van der Waals surface area contributed by atoms with E-state index < -0.39 is 0 Å². The van der Waals surface area contributed by atoms with Crippen LogP contribution in [0.25, 0.3) is 0 Å². The molecule has 0 spiro atoms. The summed E-state index contributed by atoms with van der Waals surface area (Å²) in [7, 11) is 3.18. The van der Waals surface area contributed by atoms with Crippen LogP contribution in [0.3, 0.4) is 0 Å². The SMILES string of the molecule is CNC(=O)c1cc(C(=O)NCCCCNC(=O)c2cc(C(=O)NC)cc(N3C4CSC3CS4)c2)cc(N2C3CSC2CS3)c1. The van der Waals surface area contributed by atoms with Crippen LogP contribution < -0.4 is 31.1 Å². The maximum absolute atomic E-state index is 13.1. The van der Waals surface area contributed by atoms with Crippen LogP contribution in [0, 0.1) is 0 Å². The summed E-state index contributed by atoms with van der Waals surface area (Å²) < 4.78 is 0. The van der Waals surface area contributed by atoms with Gasteiger partial charge in [0.15, 0.2) is 0 Å². The molecule has 4 aliphatic rings. The molecule has 2 aromatic carbocycles. The molecule has 4 heterocycles. The Morgan fingerprint density at radius 2 is 0.886 bits per heavy atom. The molecule has 234 valence electrons. The van der Waals surface area contributed by atoms with Crippen LogP contribution >= 0.6 is 47.0 Å². The number of rotatable bonds is 11. The fraction of sp³-hybridized carbons (Fsp3) is 0.467. The fourth-order valence-corrected chi connectivity index (χ4v) is 12.4. The quantitative estimate of drug-likeness (QED) is 0.265. The molecule has 0 radical (unpaired) electrons. The first-order valence-electron chi connectivity index (χ1n) is 14.7. The third-order valence-corrected chi connectivity index (χ3v) is 14.1. The van der Waals surface area contributed by atoms with E-state index in [4.69, 9.17) is 0 Å². The molecule has 4 aliphatic heterocycles. The molecular formula is C30H36N6O4S4. The number of hydrogen-bond donors (Lipinski definition) is 4. The van der Waals surface area contributed by atoms with Crippen molar-refractivity contribution in [3.05, 3.63) is 58.7 Å². The standard InChI is InChI=1S/C30H36N6O4S4/c1-31-27(37)17-7-19(11-21(9-17)35-23-13-41-24(35)14-42-23)29(39)33-5-3-4-6-34-30(40)20-8-18(28(38)32-2)10-22(12-20)36-25-15-43-26(36)16-44-25/h7-12,23-26H,3-6,13-16H2,1-2H3,(H,31,37)(H,32,38)(H,33,39)(H,34,40). The maximum atomic E-state index is 13.1. The third-order valence-electron chi connectivity index (χ3n) is 8.08. The minimum Gasteiger partial charge on any atom is -0.355 e. The van der Waals surface area contributed by atoms with E-state index in [0.29, 0.717) is 69.7 Å². The third kappa shape index (κ3) is 6.49. The molecule has 4 N–H and O–H groups in total. The molecule has 4 unspecified atom stereocenters. The number of thioether (sulfide) groups is 4. The van der Waals surface area contributed by atoms with Gasteiger partial charge in [-0.3, -0.25) is 19.2 Å². The van der Waals surface area contributed by atoms with Crippen LogP contribution in [-0.4, -0.2) is 95.3 Å². The summed E-state index contributed by atoms with van der Waals surface area (Å²) in [6, 6.07) is 10.8. The Kier molecular flexibility index (Phi) is 9.79. The van der Waals surface area contributed by atoms with E-state index in [2.05, 4.69) is 31.1 Å². The van der Waals surface area contributed by atoms with E-state index in [9.17, 15) is 19.2 Å². The molecule has 0 aromatic heterocycles. The highest BCUT2D eigenvalue weighted by Crippen LogP contribution is 2.47. The van der Waals surface area contributed by atoms with Crippen molar-refractivity contribution in [1.82, 2.24) is 21.3 Å². The summed E-state index contributed by atoms with van der Waals surface area (Å²) in [6.07, 6.45) is 1.35. The summed E-state index contributed by atoms with van der Waals surface area (Å²) in [5, 5.41) is 12.7. The summed E-state index contributed by atoms with van der Waals surface area (Å²) in [5.41, 5.74) is 3.68. The average molecular weight is 673 g/mol. The first kappa shape index (κ1) is 31.3. The van der Waals surface area contributed by atoms with Gasteiger partial charge < -0.3 is 31.1 Å². The molecule has 4 amide bonds. The van der Waals surface area contributed by atoms with Crippen LogP contribution in [0.1, 0.15) is 54.3 Å². The number of amides is 4. The summed E-state index contributed by atoms with van der Waals surface area (Å²) in [5.74, 6) is 3.26. The summed E-state index contributed by atoms with van der Waals surface area (Å²) in [4.78, 5) is 55.8. The predicted octanol–water partition coefficient (Wildman–Crippen LogP) is 3.25. The van der Waals surface area contributed by atoms with Gasteiger partial charge in [-0.1, -0.05) is 0 Å². The van der Waals surface area contributed by atoms with Crippen molar-refractivity contribution in [3.63, 3.8) is 0 Å². The fourth-order valence-electron chi connectivity index (χ4n) is 5.84. The molecule has 6 rings (SSSR count). The molecule has 4 saturated heterocycles. The van der Waals surface area contributed by atoms with Crippen LogP contribution in [-0.2, 0) is 0 Å². The second-order valence-corrected chi connectivity index (χ2v) is 15.7. The molecule has 0 aliphatic carbocycles. The zero-order chi connectivity index (χ0) is 30.8. The predicted molar refractivity (Wildman–Crippen MR) is 184 cm³/mol. The summed E-state index contributed by atoms with van der Waals surface area (Å²) >= 11 is 7.66. The Bertz CT molecular complexity index is 1310. The number of anilines is 2. The molecule has 0 saturated carbocycles. The lowest BCUT2D eigenvalue weighted by Crippen LogP contribution is -2.31. The van der Waals surface area contributed by atoms with Gasteiger partial charge in [0.25, 0.3) is 23.6 Å². The Hall–Kier alpha value is -2.68. The van der Waals surface area contributed by atoms with Crippen molar-refractivity contribution in [3.8, 4) is 0 Å². The lowest BCUT2D eigenvalue weighted by Gasteiger charge is -2.24. The van der Waals surface area contributed by atoms with Gasteiger partial charge in [-0.15, -0.1) is 47.0 Å². The summed E-state index contributed by atoms with van der Waals surface area (Å²) in [6.45, 7) is 0.885. The minimum absolute atomic E-state index is 0.220. The normalized spacial score (nSPS) is 23.1. The second-order valence-electron chi connectivity index (χ2n) is 10.9. The highest BCUT2D eigenvalue weighted by Gasteiger charge is 2.42. The van der Waals surface area contributed by atoms with Gasteiger partial charge in [0.1, 0.15) is 0 Å². The largest absolute Gasteiger partial charge is 0.355 e. The zero-order valence-electron chi connectivity index (χ0n) is 24.6. The Morgan fingerprint density at radius 1 is 0.568 bits per heavy atom. The van der Waals surface area contributed by atoms with Gasteiger partial charge in [-0.05, 0) is 49.2 Å².